The van der Waals surface area contributed by atoms with Gasteiger partial charge in [-0.15, -0.1) is 12.6 Å². The molecule has 13 heavy (non-hydrogen) atoms. The lowest BCUT2D eigenvalue weighted by atomic mass is 10.4. The van der Waals surface area contributed by atoms with E-state index in [-0.39, 0.29) is 0 Å². The lowest BCUT2D eigenvalue weighted by Crippen LogP contribution is -2.49. The Morgan fingerprint density at radius 1 is 1.08 bits per heavy atom. The van der Waals surface area contributed by atoms with Crippen LogP contribution in [-0.2, 0) is 8.85 Å². The molecule has 1 rings (SSSR count). The minimum absolute atomic E-state index is 0.951. The van der Waals surface area contributed by atoms with Gasteiger partial charge in [-0.2, -0.15) is 0 Å². The summed E-state index contributed by atoms with van der Waals surface area (Å²) < 4.78 is 10.8. The van der Waals surface area contributed by atoms with Crippen LogP contribution in [-0.4, -0.2) is 22.8 Å². The monoisotopic (exact) mass is 214 g/mol. The Labute approximate surface area is 85.5 Å². The van der Waals surface area contributed by atoms with Crippen LogP contribution >= 0.6 is 12.6 Å². The number of hydrogen-bond donors (Lipinski definition) is 1. The summed E-state index contributed by atoms with van der Waals surface area (Å²) in [5.74, 6) is 0. The average molecular weight is 214 g/mol. The zero-order chi connectivity index (χ0) is 9.90. The average Bonchev–Trinajstić information content (AvgIpc) is 2.18. The topological polar surface area (TPSA) is 18.5 Å². The molecule has 0 saturated carbocycles. The molecule has 0 heterocycles. The Morgan fingerprint density at radius 3 is 1.92 bits per heavy atom. The summed E-state index contributed by atoms with van der Waals surface area (Å²) in [7, 11) is 1.24. The summed E-state index contributed by atoms with van der Waals surface area (Å²) in [6, 6.07) is 7.90. The van der Waals surface area contributed by atoms with E-state index in [1.165, 1.54) is 0 Å². The Morgan fingerprint density at radius 2 is 1.54 bits per heavy atom. The first-order chi connectivity index (χ1) is 6.12. The first-order valence-electron chi connectivity index (χ1n) is 4.02. The highest BCUT2D eigenvalue weighted by Gasteiger charge is 2.31. The van der Waals surface area contributed by atoms with Crippen LogP contribution in [0, 0.1) is 0 Å². The SMILES string of the molecule is CO[Si](C)(OC)c1ccc(S)cc1. The maximum atomic E-state index is 5.40. The minimum atomic E-state index is -2.13. The molecule has 0 atom stereocenters. The summed E-state index contributed by atoms with van der Waals surface area (Å²) in [6.07, 6.45) is 0. The van der Waals surface area contributed by atoms with Crippen molar-refractivity contribution in [1.82, 2.24) is 0 Å². The predicted octanol–water partition coefficient (Wildman–Crippen LogP) is 1.55. The minimum Gasteiger partial charge on any atom is -0.394 e. The van der Waals surface area contributed by atoms with Crippen molar-refractivity contribution in [1.29, 1.82) is 0 Å². The number of thiol groups is 1. The zero-order valence-electron chi connectivity index (χ0n) is 8.07. The molecule has 0 amide bonds. The Hall–Kier alpha value is -0.293. The molecule has 0 aliphatic carbocycles. The van der Waals surface area contributed by atoms with Gasteiger partial charge in [0.15, 0.2) is 0 Å². The van der Waals surface area contributed by atoms with Crippen molar-refractivity contribution in [2.24, 2.45) is 0 Å². The van der Waals surface area contributed by atoms with Crippen molar-refractivity contribution in [3.8, 4) is 0 Å². The molecule has 4 heteroatoms. The van der Waals surface area contributed by atoms with Crippen LogP contribution in [0.2, 0.25) is 6.55 Å². The van der Waals surface area contributed by atoms with Crippen molar-refractivity contribution in [3.63, 3.8) is 0 Å². The Balaban J connectivity index is 2.99. The fourth-order valence-corrected chi connectivity index (χ4v) is 2.64. The van der Waals surface area contributed by atoms with E-state index in [1.54, 1.807) is 14.2 Å². The lowest BCUT2D eigenvalue weighted by Gasteiger charge is -2.22. The highest BCUT2D eigenvalue weighted by atomic mass is 32.1. The van der Waals surface area contributed by atoms with Gasteiger partial charge in [-0.1, -0.05) is 12.1 Å². The fourth-order valence-electron chi connectivity index (χ4n) is 1.08. The van der Waals surface area contributed by atoms with Crippen molar-refractivity contribution in [2.75, 3.05) is 14.2 Å². The standard InChI is InChI=1S/C9H14O2SSi/c1-10-13(3,11-2)9-6-4-8(12)5-7-9/h4-7,12H,1-3H3. The van der Waals surface area contributed by atoms with Crippen LogP contribution in [0.25, 0.3) is 0 Å². The molecule has 0 radical (unpaired) electrons. The Bertz CT molecular complexity index is 269. The number of hydrogen-bond acceptors (Lipinski definition) is 3. The largest absolute Gasteiger partial charge is 0.394 e. The van der Waals surface area contributed by atoms with Crippen LogP contribution in [0.1, 0.15) is 0 Å². The third-order valence-corrected chi connectivity index (χ3v) is 5.41. The molecule has 1 aromatic rings. The van der Waals surface area contributed by atoms with Gasteiger partial charge in [0, 0.05) is 19.1 Å². The molecule has 0 bridgehead atoms. The zero-order valence-corrected chi connectivity index (χ0v) is 9.97. The van der Waals surface area contributed by atoms with E-state index in [0.29, 0.717) is 0 Å². The van der Waals surface area contributed by atoms with Gasteiger partial charge < -0.3 is 8.85 Å². The summed E-state index contributed by atoms with van der Waals surface area (Å²) in [5, 5.41) is 1.12. The molecule has 0 aliphatic rings. The van der Waals surface area contributed by atoms with Gasteiger partial charge in [0.1, 0.15) is 0 Å². The van der Waals surface area contributed by atoms with Crippen LogP contribution in [0.3, 0.4) is 0 Å². The Kier molecular flexibility index (Phi) is 3.55. The number of rotatable bonds is 3. The molecule has 0 unspecified atom stereocenters. The van der Waals surface area contributed by atoms with E-state index >= 15 is 0 Å². The van der Waals surface area contributed by atoms with Crippen molar-refractivity contribution in [3.05, 3.63) is 24.3 Å². The van der Waals surface area contributed by atoms with Crippen LogP contribution < -0.4 is 5.19 Å². The van der Waals surface area contributed by atoms with Crippen molar-refractivity contribution in [2.45, 2.75) is 11.4 Å². The van der Waals surface area contributed by atoms with Crippen molar-refractivity contribution < 1.29 is 8.85 Å². The second-order valence-electron chi connectivity index (χ2n) is 2.90. The van der Waals surface area contributed by atoms with Crippen LogP contribution in [0.4, 0.5) is 0 Å². The third kappa shape index (κ3) is 2.34. The summed E-state index contributed by atoms with van der Waals surface area (Å²) in [6.45, 7) is 2.01. The first kappa shape index (κ1) is 10.8. The highest BCUT2D eigenvalue weighted by Crippen LogP contribution is 2.08. The second kappa shape index (κ2) is 4.28. The van der Waals surface area contributed by atoms with Gasteiger partial charge in [-0.05, 0) is 23.9 Å². The van der Waals surface area contributed by atoms with Gasteiger partial charge in [-0.25, -0.2) is 0 Å². The molecule has 1 aromatic carbocycles. The van der Waals surface area contributed by atoms with E-state index in [1.807, 2.05) is 30.8 Å². The van der Waals surface area contributed by atoms with Gasteiger partial charge in [-0.3, -0.25) is 0 Å². The molecule has 0 aliphatic heterocycles. The molecule has 0 N–H and O–H groups in total. The smallest absolute Gasteiger partial charge is 0.368 e. The van der Waals surface area contributed by atoms with E-state index in [4.69, 9.17) is 8.85 Å². The highest BCUT2D eigenvalue weighted by molar-refractivity contribution is 7.80. The summed E-state index contributed by atoms with van der Waals surface area (Å²) >= 11 is 4.22. The molecule has 0 spiro atoms. The number of benzene rings is 1. The molecule has 0 saturated heterocycles. The predicted molar refractivity (Wildman–Crippen MR) is 59.0 cm³/mol. The lowest BCUT2D eigenvalue weighted by molar-refractivity contribution is 0.265. The maximum Gasteiger partial charge on any atom is 0.368 e. The fraction of sp³-hybridized carbons (Fsp3) is 0.333. The van der Waals surface area contributed by atoms with Crippen LogP contribution in [0.5, 0.6) is 0 Å². The van der Waals surface area contributed by atoms with Gasteiger partial charge in [0.05, 0.1) is 0 Å². The van der Waals surface area contributed by atoms with Gasteiger partial charge >= 0.3 is 8.56 Å². The van der Waals surface area contributed by atoms with Gasteiger partial charge in [0.2, 0.25) is 0 Å². The van der Waals surface area contributed by atoms with Crippen molar-refractivity contribution >= 4 is 26.4 Å². The van der Waals surface area contributed by atoms with E-state index in [2.05, 4.69) is 12.6 Å². The molecule has 0 fully saturated rings. The molecule has 0 aromatic heterocycles. The molecule has 72 valence electrons. The summed E-state index contributed by atoms with van der Waals surface area (Å²) in [5.41, 5.74) is 0. The van der Waals surface area contributed by atoms with E-state index in [0.717, 1.165) is 10.1 Å². The van der Waals surface area contributed by atoms with E-state index < -0.39 is 8.56 Å². The normalized spacial score (nSPS) is 11.7. The quantitative estimate of drug-likeness (QED) is 0.608. The van der Waals surface area contributed by atoms with E-state index in [9.17, 15) is 0 Å². The molecule has 2 nitrogen and oxygen atoms in total. The first-order valence-corrected chi connectivity index (χ1v) is 6.78. The maximum absolute atomic E-state index is 5.40. The molecular formula is C9H14O2SSi. The second-order valence-corrected chi connectivity index (χ2v) is 6.70. The van der Waals surface area contributed by atoms with Gasteiger partial charge in [0.25, 0.3) is 0 Å². The summed E-state index contributed by atoms with van der Waals surface area (Å²) in [4.78, 5) is 0.951. The molecular weight excluding hydrogens is 200 g/mol. The third-order valence-electron chi connectivity index (χ3n) is 2.17. The van der Waals surface area contributed by atoms with Crippen LogP contribution in [0.15, 0.2) is 29.2 Å².